The van der Waals surface area contributed by atoms with E-state index in [0.29, 0.717) is 24.3 Å². The second-order valence-electron chi connectivity index (χ2n) is 8.27. The average Bonchev–Trinajstić information content (AvgIpc) is 3.46. The quantitative estimate of drug-likeness (QED) is 0.216. The van der Waals surface area contributed by atoms with Gasteiger partial charge in [0.15, 0.2) is 17.9 Å². The summed E-state index contributed by atoms with van der Waals surface area (Å²) in [6, 6.07) is 34.6. The molecule has 35 heavy (non-hydrogen) atoms. The molecule has 0 unspecified atom stereocenters. The molecule has 1 fully saturated rings. The van der Waals surface area contributed by atoms with Crippen molar-refractivity contribution in [2.75, 3.05) is 18.1 Å². The first kappa shape index (κ1) is 22.7. The fraction of sp³-hybridized carbons (Fsp3) is 0.133. The van der Waals surface area contributed by atoms with Crippen molar-refractivity contribution in [1.29, 1.82) is 0 Å². The molecule has 0 bridgehead atoms. The molecule has 0 aromatic heterocycles. The lowest BCUT2D eigenvalue weighted by atomic mass is 10.00. The van der Waals surface area contributed by atoms with E-state index in [0.717, 1.165) is 22.6 Å². The Labute approximate surface area is 204 Å². The van der Waals surface area contributed by atoms with Gasteiger partial charge in [-0.15, -0.1) is 0 Å². The van der Waals surface area contributed by atoms with E-state index in [1.54, 1.807) is 24.3 Å². The second-order valence-corrected chi connectivity index (χ2v) is 8.27. The third-order valence-electron chi connectivity index (χ3n) is 5.92. The van der Waals surface area contributed by atoms with Crippen LogP contribution in [0.5, 0.6) is 0 Å². The zero-order valence-electron chi connectivity index (χ0n) is 19.2. The molecule has 4 aromatic rings. The summed E-state index contributed by atoms with van der Waals surface area (Å²) in [5.74, 6) is -0.423. The number of benzene rings is 4. The minimum absolute atomic E-state index is 0.184. The highest BCUT2D eigenvalue weighted by molar-refractivity contribution is 6.13. The zero-order valence-corrected chi connectivity index (χ0v) is 19.2. The highest BCUT2D eigenvalue weighted by atomic mass is 16.7. The van der Waals surface area contributed by atoms with Crippen molar-refractivity contribution in [1.82, 2.24) is 0 Å². The number of ketones is 2. The van der Waals surface area contributed by atoms with Crippen LogP contribution in [-0.4, -0.2) is 24.8 Å². The lowest BCUT2D eigenvalue weighted by Gasteiger charge is -2.25. The van der Waals surface area contributed by atoms with E-state index in [4.69, 9.17) is 9.47 Å². The van der Waals surface area contributed by atoms with Crippen LogP contribution >= 0.6 is 0 Å². The molecule has 0 N–H and O–H groups in total. The molecule has 0 radical (unpaired) electrons. The van der Waals surface area contributed by atoms with E-state index in [2.05, 4.69) is 4.90 Å². The van der Waals surface area contributed by atoms with Crippen LogP contribution in [0.3, 0.4) is 0 Å². The molecule has 1 aliphatic rings. The SMILES string of the molecule is O=C(CC(=O)c1ccc(N(c2ccccc2)c2ccccc2)cc1)c1ccc(C2OCCO2)cc1. The van der Waals surface area contributed by atoms with Crippen molar-refractivity contribution in [2.24, 2.45) is 0 Å². The van der Waals surface area contributed by atoms with Gasteiger partial charge < -0.3 is 14.4 Å². The molecular weight excluding hydrogens is 438 g/mol. The Morgan fingerprint density at radius 3 is 1.51 bits per heavy atom. The first-order valence-electron chi connectivity index (χ1n) is 11.6. The van der Waals surface area contributed by atoms with Crippen LogP contribution in [0.2, 0.25) is 0 Å². The van der Waals surface area contributed by atoms with Crippen molar-refractivity contribution in [3.63, 3.8) is 0 Å². The third-order valence-corrected chi connectivity index (χ3v) is 5.92. The largest absolute Gasteiger partial charge is 0.346 e. The molecule has 0 atom stereocenters. The third kappa shape index (κ3) is 5.22. The van der Waals surface area contributed by atoms with Gasteiger partial charge in [0, 0.05) is 33.8 Å². The summed E-state index contributed by atoms with van der Waals surface area (Å²) < 4.78 is 11.0. The van der Waals surface area contributed by atoms with E-state index in [1.165, 1.54) is 0 Å². The molecule has 0 amide bonds. The molecule has 174 valence electrons. The van der Waals surface area contributed by atoms with Crippen molar-refractivity contribution < 1.29 is 19.1 Å². The van der Waals surface area contributed by atoms with Crippen molar-refractivity contribution in [3.8, 4) is 0 Å². The van der Waals surface area contributed by atoms with Crippen molar-refractivity contribution in [3.05, 3.63) is 126 Å². The van der Waals surface area contributed by atoms with Gasteiger partial charge in [0.05, 0.1) is 19.6 Å². The van der Waals surface area contributed by atoms with Crippen LogP contribution in [0.1, 0.15) is 39.0 Å². The first-order chi connectivity index (χ1) is 17.2. The number of carbonyl (C=O) groups is 2. The molecule has 4 aromatic carbocycles. The van der Waals surface area contributed by atoms with Gasteiger partial charge in [0.2, 0.25) is 0 Å². The smallest absolute Gasteiger partial charge is 0.184 e. The summed E-state index contributed by atoms with van der Waals surface area (Å²) in [5, 5.41) is 0. The minimum Gasteiger partial charge on any atom is -0.346 e. The minimum atomic E-state index is -0.384. The summed E-state index contributed by atoms with van der Waals surface area (Å²) in [7, 11) is 0. The summed E-state index contributed by atoms with van der Waals surface area (Å²) in [4.78, 5) is 27.7. The van der Waals surface area contributed by atoms with Crippen LogP contribution in [0.15, 0.2) is 109 Å². The van der Waals surface area contributed by atoms with E-state index in [-0.39, 0.29) is 24.3 Å². The second kappa shape index (κ2) is 10.5. The van der Waals surface area contributed by atoms with Gasteiger partial charge in [0.25, 0.3) is 0 Å². The Kier molecular flexibility index (Phi) is 6.80. The summed E-state index contributed by atoms with van der Waals surface area (Å²) in [6.07, 6.45) is -0.568. The summed E-state index contributed by atoms with van der Waals surface area (Å²) in [6.45, 7) is 1.13. The number of Topliss-reactive ketones (excluding diaryl/α,β-unsaturated/α-hetero) is 2. The Morgan fingerprint density at radius 1 is 0.600 bits per heavy atom. The summed E-state index contributed by atoms with van der Waals surface area (Å²) >= 11 is 0. The van der Waals surface area contributed by atoms with E-state index < -0.39 is 0 Å². The maximum atomic E-state index is 12.9. The fourth-order valence-corrected chi connectivity index (χ4v) is 4.12. The van der Waals surface area contributed by atoms with Gasteiger partial charge >= 0.3 is 0 Å². The summed E-state index contributed by atoms with van der Waals surface area (Å²) in [5.41, 5.74) is 4.83. The predicted molar refractivity (Wildman–Crippen MR) is 135 cm³/mol. The van der Waals surface area contributed by atoms with Gasteiger partial charge in [-0.3, -0.25) is 9.59 Å². The molecule has 5 heteroatoms. The number of ether oxygens (including phenoxy) is 2. The van der Waals surface area contributed by atoms with Crippen molar-refractivity contribution >= 4 is 28.6 Å². The van der Waals surface area contributed by atoms with E-state index in [1.807, 2.05) is 84.9 Å². The number of para-hydroxylation sites is 2. The number of hydrogen-bond acceptors (Lipinski definition) is 5. The Balaban J connectivity index is 1.30. The number of nitrogens with zero attached hydrogens (tertiary/aromatic N) is 1. The van der Waals surface area contributed by atoms with Crippen LogP contribution in [0, 0.1) is 0 Å². The van der Waals surface area contributed by atoms with Crippen LogP contribution < -0.4 is 4.90 Å². The number of carbonyl (C=O) groups excluding carboxylic acids is 2. The van der Waals surface area contributed by atoms with Gasteiger partial charge in [-0.25, -0.2) is 0 Å². The Morgan fingerprint density at radius 2 is 1.03 bits per heavy atom. The molecule has 0 saturated carbocycles. The molecule has 0 aliphatic carbocycles. The lowest BCUT2D eigenvalue weighted by molar-refractivity contribution is -0.0441. The number of rotatable bonds is 8. The molecule has 5 nitrogen and oxygen atoms in total. The maximum absolute atomic E-state index is 12.9. The van der Waals surface area contributed by atoms with Crippen LogP contribution in [-0.2, 0) is 9.47 Å². The Hall–Kier alpha value is -4.06. The van der Waals surface area contributed by atoms with Gasteiger partial charge in [-0.05, 0) is 48.5 Å². The zero-order chi connectivity index (χ0) is 24.0. The van der Waals surface area contributed by atoms with Gasteiger partial charge in [-0.1, -0.05) is 60.7 Å². The molecular formula is C30H25NO4. The number of anilines is 3. The highest BCUT2D eigenvalue weighted by Crippen LogP contribution is 2.34. The predicted octanol–water partition coefficient (Wildman–Crippen LogP) is 6.66. The highest BCUT2D eigenvalue weighted by Gasteiger charge is 2.20. The maximum Gasteiger partial charge on any atom is 0.184 e. The van der Waals surface area contributed by atoms with Gasteiger partial charge in [-0.2, -0.15) is 0 Å². The first-order valence-corrected chi connectivity index (χ1v) is 11.6. The topological polar surface area (TPSA) is 55.8 Å². The van der Waals surface area contributed by atoms with Crippen LogP contribution in [0.25, 0.3) is 0 Å². The van der Waals surface area contributed by atoms with Crippen LogP contribution in [0.4, 0.5) is 17.1 Å². The molecule has 1 heterocycles. The number of hydrogen-bond donors (Lipinski definition) is 0. The molecule has 0 spiro atoms. The van der Waals surface area contributed by atoms with Crippen molar-refractivity contribution in [2.45, 2.75) is 12.7 Å². The molecule has 5 rings (SSSR count). The molecule has 1 aliphatic heterocycles. The normalized spacial score (nSPS) is 13.5. The Bertz CT molecular complexity index is 1240. The fourth-order valence-electron chi connectivity index (χ4n) is 4.12. The van der Waals surface area contributed by atoms with Gasteiger partial charge in [0.1, 0.15) is 0 Å². The monoisotopic (exact) mass is 463 g/mol. The van der Waals surface area contributed by atoms with E-state index in [9.17, 15) is 9.59 Å². The lowest BCUT2D eigenvalue weighted by Crippen LogP contribution is -2.11. The molecule has 1 saturated heterocycles. The standard InChI is InChI=1S/C30H25NO4/c32-28(22-11-13-24(14-12-22)30-34-19-20-35-30)21-29(33)23-15-17-27(18-16-23)31(25-7-3-1-4-8-25)26-9-5-2-6-10-26/h1-18,30H,19-21H2. The van der Waals surface area contributed by atoms with E-state index >= 15 is 0 Å². The average molecular weight is 464 g/mol.